The molecular formula is C117H159Cl3SiTi. The number of hydrogen-bond acceptors (Lipinski definition) is 0. The van der Waals surface area contributed by atoms with E-state index >= 15 is 0 Å². The summed E-state index contributed by atoms with van der Waals surface area (Å²) in [4.78, 5) is 0. The zero-order valence-corrected chi connectivity index (χ0v) is 88.8. The molecule has 0 amide bonds. The molecule has 1 aliphatic carbocycles. The molecule has 0 spiro atoms. The molecule has 1 atom stereocenters. The molecular weight excluding hydrogens is 1590 g/mol. The predicted molar refractivity (Wildman–Crippen MR) is 523 cm³/mol. The molecule has 0 saturated carbocycles. The monoisotopic (exact) mass is 1750 g/mol. The normalized spacial score (nSPS) is 15.2. The molecule has 0 saturated heterocycles. The van der Waals surface area contributed by atoms with Crippen LogP contribution in [0.5, 0.6) is 0 Å². The van der Waals surface area contributed by atoms with Gasteiger partial charge in [-0.1, -0.05) is 0 Å². The van der Waals surface area contributed by atoms with Gasteiger partial charge in [0.2, 0.25) is 0 Å². The van der Waals surface area contributed by atoms with E-state index in [1.807, 2.05) is 0 Å². The van der Waals surface area contributed by atoms with Gasteiger partial charge in [-0.2, -0.15) is 0 Å². The van der Waals surface area contributed by atoms with Crippen molar-refractivity contribution in [2.75, 3.05) is 0 Å². The van der Waals surface area contributed by atoms with Crippen LogP contribution in [0.4, 0.5) is 0 Å². The minimum absolute atomic E-state index is 0. The Bertz CT molecular complexity index is 4370. The minimum atomic E-state index is -3.82. The van der Waals surface area contributed by atoms with Crippen molar-refractivity contribution >= 4 is 23.6 Å². The minimum Gasteiger partial charge on any atom is -1.00 e. The van der Waals surface area contributed by atoms with E-state index < -0.39 is 13.1 Å². The zero-order valence-electron chi connectivity index (χ0n) is 84.0. The van der Waals surface area contributed by atoms with E-state index in [-0.39, 0.29) is 102 Å². The van der Waals surface area contributed by atoms with Crippen LogP contribution in [0.2, 0.25) is 5.04 Å². The molecule has 122 heavy (non-hydrogen) atoms. The standard InChI is InChI=1S/C117H159Si.3ClH.Ti/c1-75-74-117(40,77(3)76(75)2)118(102-62-78(44-84-50-90(105(4,5)6)68-91(51-84)106(7,8)9)41-79(63-102)45-85-52-92(107(10,11)12)69-93(53-85)108(13,14)15,103-64-80(46-86-54-94(109(16,17)18)70-95(55-86)110(19,20)21)42-81(65-103)47-87-56-96(111(22,23)24)71-97(57-87)112(25,26)27)104-66-82(48-88-58-98(113(28,29)30)72-99(59-88)114(31,32)33)43-83(67-104)49-89-60-100(115(34,35)36)73-101(61-89)116(37,38)39;;;;/h41-43,50-73H,44-49H2,1-40H3;3*1H;/q;;;;+3/p-3. The van der Waals surface area contributed by atoms with Gasteiger partial charge in [-0.25, -0.2) is 0 Å². The molecule has 0 aliphatic heterocycles. The van der Waals surface area contributed by atoms with Crippen LogP contribution in [-0.4, -0.2) is 8.07 Å². The molecule has 5 heteroatoms. The maximum absolute atomic E-state index is 3.82. The molecule has 9 aromatic carbocycles. The Hall–Kier alpha value is -5.74. The van der Waals surface area contributed by atoms with Gasteiger partial charge in [-0.15, -0.1) is 0 Å². The average molecular weight is 1750 g/mol. The number of halogens is 3. The van der Waals surface area contributed by atoms with Gasteiger partial charge in [0.25, 0.3) is 0 Å². The summed E-state index contributed by atoms with van der Waals surface area (Å²) in [6.07, 6.45) is 4.77. The van der Waals surface area contributed by atoms with Crippen LogP contribution in [-0.2, 0) is 124 Å². The topological polar surface area (TPSA) is 0 Å². The third kappa shape index (κ3) is 23.6. The summed E-state index contributed by atoms with van der Waals surface area (Å²) in [5, 5.41) is 3.94. The fourth-order valence-electron chi connectivity index (χ4n) is 18.2. The summed E-state index contributed by atoms with van der Waals surface area (Å²) in [6.45, 7) is 96.9. The summed E-state index contributed by atoms with van der Waals surface area (Å²) in [5.41, 5.74) is 36.8. The third-order valence-electron chi connectivity index (χ3n) is 26.8. The summed E-state index contributed by atoms with van der Waals surface area (Å²) >= 11 is 2.57. The first kappa shape index (κ1) is 103. The second-order valence-corrected chi connectivity index (χ2v) is 54.8. The number of benzene rings is 9. The molecule has 0 bridgehead atoms. The molecule has 656 valence electrons. The number of hydrogen-bond donors (Lipinski definition) is 0. The van der Waals surface area contributed by atoms with E-state index in [9.17, 15) is 0 Å². The molecule has 1 aliphatic rings. The van der Waals surface area contributed by atoms with Crippen molar-refractivity contribution in [1.82, 2.24) is 0 Å². The maximum Gasteiger partial charge on any atom is -1.00 e. The first-order valence-corrected chi connectivity index (χ1v) is 48.1. The SMILES string of the molecule is CC1=C(C)C(C)([Si](c2cc(Cc3cc(C(C)(C)C)cc(C(C)(C)C)c3)cc(Cc3cc(C(C)(C)C)cc(C(C)(C)C)c3)c2)(c2cc(Cc3cc(C(C)(C)C)cc(C(C)(C)C)c3)cc(Cc3cc(C(C)(C)C)cc(C(C)(C)C)c3)c2)c2cc(Cc3cc(C(C)(C)C)cc(C(C)(C)C)c3)cc(Cc3cc(C(C)(C)C)cc(C(C)(C)C)c3)c2)[C]([Ti+3])=C1C.[Cl-].[Cl-].[Cl-]. The van der Waals surface area contributed by atoms with E-state index in [0.717, 1.165) is 38.5 Å². The average Bonchev–Trinajstić information content (AvgIpc) is 1.41. The van der Waals surface area contributed by atoms with Gasteiger partial charge < -0.3 is 37.2 Å². The van der Waals surface area contributed by atoms with Crippen molar-refractivity contribution in [2.24, 2.45) is 0 Å². The molecule has 0 fully saturated rings. The molecule has 0 aromatic heterocycles. The van der Waals surface area contributed by atoms with E-state index in [0.29, 0.717) is 0 Å². The van der Waals surface area contributed by atoms with Crippen LogP contribution in [0.1, 0.15) is 410 Å². The van der Waals surface area contributed by atoms with Gasteiger partial charge in [0.1, 0.15) is 0 Å². The summed E-state index contributed by atoms with van der Waals surface area (Å²) in [6, 6.07) is 70.9. The third-order valence-corrected chi connectivity index (χ3v) is 34.1. The Morgan fingerprint density at radius 1 is 0.197 bits per heavy atom. The summed E-state index contributed by atoms with van der Waals surface area (Å²) in [7, 11) is -3.82. The summed E-state index contributed by atoms with van der Waals surface area (Å²) in [5.74, 6) is 0. The van der Waals surface area contributed by atoms with E-state index in [4.69, 9.17) is 0 Å². The van der Waals surface area contributed by atoms with E-state index in [2.05, 4.69) is 461 Å². The quantitative estimate of drug-likeness (QED) is 0.0668. The number of rotatable bonds is 16. The predicted octanol–water partition coefficient (Wildman–Crippen LogP) is 21.2. The molecule has 0 radical (unpaired) electrons. The largest absolute Gasteiger partial charge is 1.00 e. The Balaban J connectivity index is 0.00000683. The van der Waals surface area contributed by atoms with Crippen LogP contribution < -0.4 is 52.8 Å². The number of allylic oxidation sites excluding steroid dienone is 4. The van der Waals surface area contributed by atoms with Gasteiger partial charge in [-0.05, 0) is 0 Å². The van der Waals surface area contributed by atoms with Crippen LogP contribution in [0.3, 0.4) is 0 Å². The van der Waals surface area contributed by atoms with E-state index in [1.54, 1.807) is 0 Å². The smallest absolute Gasteiger partial charge is 1.00 e. The molecule has 9 aromatic rings. The fraction of sp³-hybridized carbons (Fsp3) is 0.504. The Kier molecular flexibility index (Phi) is 30.5. The molecule has 0 heterocycles. The fourth-order valence-corrected chi connectivity index (χ4v) is 26.1. The van der Waals surface area contributed by atoms with Crippen LogP contribution in [0, 0.1) is 0 Å². The maximum atomic E-state index is 2.82. The Morgan fingerprint density at radius 2 is 0.320 bits per heavy atom. The summed E-state index contributed by atoms with van der Waals surface area (Å²) < 4.78 is 1.49. The van der Waals surface area contributed by atoms with Gasteiger partial charge in [-0.3, -0.25) is 0 Å². The van der Waals surface area contributed by atoms with Gasteiger partial charge in [0.15, 0.2) is 0 Å². The second kappa shape index (κ2) is 36.1. The first-order chi connectivity index (χ1) is 53.9. The Labute approximate surface area is 778 Å². The van der Waals surface area contributed by atoms with Crippen LogP contribution >= 0.6 is 0 Å². The van der Waals surface area contributed by atoms with Gasteiger partial charge in [0.05, 0.1) is 0 Å². The van der Waals surface area contributed by atoms with Crippen LogP contribution in [0.25, 0.3) is 0 Å². The van der Waals surface area contributed by atoms with E-state index in [1.165, 1.54) is 170 Å². The molecule has 10 rings (SSSR count). The molecule has 1 unspecified atom stereocenters. The second-order valence-electron chi connectivity index (χ2n) is 49.8. The molecule has 0 nitrogen and oxygen atoms in total. The van der Waals surface area contributed by atoms with Gasteiger partial charge >= 0.3 is 747 Å². The Morgan fingerprint density at radius 3 is 0.426 bits per heavy atom. The van der Waals surface area contributed by atoms with Crippen molar-refractivity contribution < 1.29 is 57.7 Å². The first-order valence-electron chi connectivity index (χ1n) is 45.3. The molecule has 0 N–H and O–H groups in total. The van der Waals surface area contributed by atoms with Crippen molar-refractivity contribution in [3.05, 3.63) is 318 Å². The van der Waals surface area contributed by atoms with Crippen molar-refractivity contribution in [1.29, 1.82) is 0 Å². The zero-order chi connectivity index (χ0) is 89.2. The van der Waals surface area contributed by atoms with Crippen LogP contribution in [0.15, 0.2) is 184 Å². The van der Waals surface area contributed by atoms with Crippen molar-refractivity contribution in [2.45, 2.75) is 385 Å². The van der Waals surface area contributed by atoms with Gasteiger partial charge in [0, 0.05) is 0 Å². The van der Waals surface area contributed by atoms with Crippen molar-refractivity contribution in [3.8, 4) is 0 Å². The van der Waals surface area contributed by atoms with Crippen molar-refractivity contribution in [3.63, 3.8) is 0 Å².